The maximum atomic E-state index is 12.4. The molecule has 1 fully saturated rings. The second kappa shape index (κ2) is 7.73. The van der Waals surface area contributed by atoms with E-state index in [0.29, 0.717) is 13.1 Å². The minimum Gasteiger partial charge on any atom is -0.490 e. The Morgan fingerprint density at radius 3 is 2.62 bits per heavy atom. The highest BCUT2D eigenvalue weighted by molar-refractivity contribution is 5.97. The number of likely N-dealkylation sites (N-methyl/N-ethyl adjacent to an activating group) is 1. The molecule has 1 N–H and O–H groups in total. The van der Waals surface area contributed by atoms with Gasteiger partial charge in [-0.05, 0) is 12.1 Å². The first kappa shape index (κ1) is 17.7. The van der Waals surface area contributed by atoms with Crippen molar-refractivity contribution in [1.82, 2.24) is 15.1 Å². The lowest BCUT2D eigenvalue weighted by Crippen LogP contribution is -2.49. The van der Waals surface area contributed by atoms with Crippen LogP contribution in [0.2, 0.25) is 0 Å². The molecule has 0 saturated carbocycles. The lowest BCUT2D eigenvalue weighted by atomic mass is 10.1. The highest BCUT2D eigenvalue weighted by atomic mass is 16.6. The summed E-state index contributed by atoms with van der Waals surface area (Å²) in [5.74, 6) is -0.518. The Kier molecular flexibility index (Phi) is 5.69. The maximum Gasteiger partial charge on any atom is 0.311 e. The first-order valence-electron chi connectivity index (χ1n) is 7.50. The molecule has 1 aliphatic rings. The topological polar surface area (TPSA) is 105 Å². The van der Waals surface area contributed by atoms with E-state index in [-0.39, 0.29) is 29.5 Å². The third-order valence-electron chi connectivity index (χ3n) is 3.81. The number of nitro groups is 1. The Labute approximate surface area is 139 Å². The SMILES string of the molecule is COc1ccc(C(=O)N(C)CC(=O)N2CCNCC2)cc1[N+](=O)[O-]. The fraction of sp³-hybridized carbons (Fsp3) is 0.467. The van der Waals surface area contributed by atoms with E-state index in [0.717, 1.165) is 19.2 Å². The molecule has 1 aromatic carbocycles. The summed E-state index contributed by atoms with van der Waals surface area (Å²) in [6.45, 7) is 2.60. The predicted octanol–water partition coefficient (Wildman–Crippen LogP) is 0.107. The van der Waals surface area contributed by atoms with Crippen LogP contribution in [0.25, 0.3) is 0 Å². The molecule has 0 aliphatic carbocycles. The third kappa shape index (κ3) is 3.99. The zero-order valence-electron chi connectivity index (χ0n) is 13.7. The Bertz CT molecular complexity index is 643. The molecule has 0 spiro atoms. The number of carbonyl (C=O) groups excluding carboxylic acids is 2. The summed E-state index contributed by atoms with van der Waals surface area (Å²) in [5.41, 5.74) is -0.150. The number of amides is 2. The van der Waals surface area contributed by atoms with Crippen LogP contribution in [0.5, 0.6) is 5.75 Å². The number of methoxy groups -OCH3 is 1. The van der Waals surface area contributed by atoms with Crippen LogP contribution in [0, 0.1) is 10.1 Å². The fourth-order valence-corrected chi connectivity index (χ4v) is 2.48. The first-order chi connectivity index (χ1) is 11.4. The van der Waals surface area contributed by atoms with E-state index in [4.69, 9.17) is 4.74 Å². The van der Waals surface area contributed by atoms with Gasteiger partial charge in [-0.1, -0.05) is 0 Å². The molecule has 0 radical (unpaired) electrons. The Morgan fingerprint density at radius 2 is 2.04 bits per heavy atom. The van der Waals surface area contributed by atoms with Gasteiger partial charge in [0.05, 0.1) is 18.6 Å². The van der Waals surface area contributed by atoms with Crippen molar-refractivity contribution in [1.29, 1.82) is 0 Å². The summed E-state index contributed by atoms with van der Waals surface area (Å²) in [7, 11) is 2.82. The van der Waals surface area contributed by atoms with E-state index in [1.807, 2.05) is 0 Å². The van der Waals surface area contributed by atoms with Gasteiger partial charge in [-0.2, -0.15) is 0 Å². The summed E-state index contributed by atoms with van der Waals surface area (Å²) in [6, 6.07) is 3.98. The third-order valence-corrected chi connectivity index (χ3v) is 3.81. The van der Waals surface area contributed by atoms with Gasteiger partial charge in [-0.3, -0.25) is 19.7 Å². The first-order valence-corrected chi connectivity index (χ1v) is 7.50. The number of hydrogen-bond acceptors (Lipinski definition) is 6. The van der Waals surface area contributed by atoms with Gasteiger partial charge in [0, 0.05) is 44.9 Å². The largest absolute Gasteiger partial charge is 0.490 e. The van der Waals surface area contributed by atoms with E-state index in [2.05, 4.69) is 5.32 Å². The number of nitro benzene ring substituents is 1. The van der Waals surface area contributed by atoms with E-state index in [9.17, 15) is 19.7 Å². The average molecular weight is 336 g/mol. The Balaban J connectivity index is 2.08. The van der Waals surface area contributed by atoms with Crippen molar-refractivity contribution in [2.24, 2.45) is 0 Å². The molecule has 1 heterocycles. The van der Waals surface area contributed by atoms with Crippen molar-refractivity contribution in [2.45, 2.75) is 0 Å². The monoisotopic (exact) mass is 336 g/mol. The summed E-state index contributed by atoms with van der Waals surface area (Å²) in [4.78, 5) is 38.0. The molecular formula is C15H20N4O5. The number of carbonyl (C=O) groups is 2. The van der Waals surface area contributed by atoms with Crippen LogP contribution in [0.15, 0.2) is 18.2 Å². The quantitative estimate of drug-likeness (QED) is 0.604. The molecule has 1 aromatic rings. The molecule has 0 atom stereocenters. The molecule has 0 aromatic heterocycles. The molecule has 130 valence electrons. The van der Waals surface area contributed by atoms with Crippen LogP contribution in [0.1, 0.15) is 10.4 Å². The number of nitrogens with one attached hydrogen (secondary N) is 1. The van der Waals surface area contributed by atoms with Crippen LogP contribution >= 0.6 is 0 Å². The van der Waals surface area contributed by atoms with Crippen LogP contribution in [0.3, 0.4) is 0 Å². The lowest BCUT2D eigenvalue weighted by molar-refractivity contribution is -0.385. The van der Waals surface area contributed by atoms with Crippen molar-refractivity contribution in [2.75, 3.05) is 46.9 Å². The number of nitrogens with zero attached hydrogens (tertiary/aromatic N) is 3. The van der Waals surface area contributed by atoms with Gasteiger partial charge in [0.25, 0.3) is 5.91 Å². The zero-order valence-corrected chi connectivity index (χ0v) is 13.7. The molecular weight excluding hydrogens is 316 g/mol. The Hall–Kier alpha value is -2.68. The molecule has 2 rings (SSSR count). The van der Waals surface area contributed by atoms with Crippen molar-refractivity contribution in [3.05, 3.63) is 33.9 Å². The smallest absolute Gasteiger partial charge is 0.311 e. The van der Waals surface area contributed by atoms with Crippen molar-refractivity contribution in [3.63, 3.8) is 0 Å². The fourth-order valence-electron chi connectivity index (χ4n) is 2.48. The molecule has 0 unspecified atom stereocenters. The van der Waals surface area contributed by atoms with E-state index < -0.39 is 10.8 Å². The van der Waals surface area contributed by atoms with Crippen LogP contribution in [-0.4, -0.2) is 73.4 Å². The van der Waals surface area contributed by atoms with Gasteiger partial charge >= 0.3 is 5.69 Å². The normalized spacial score (nSPS) is 14.2. The molecule has 1 aliphatic heterocycles. The molecule has 1 saturated heterocycles. The van der Waals surface area contributed by atoms with Gasteiger partial charge < -0.3 is 19.9 Å². The minimum absolute atomic E-state index is 0.0708. The molecule has 2 amide bonds. The van der Waals surface area contributed by atoms with Crippen LogP contribution in [0.4, 0.5) is 5.69 Å². The van der Waals surface area contributed by atoms with E-state index in [1.165, 1.54) is 31.2 Å². The summed E-state index contributed by atoms with van der Waals surface area (Å²) >= 11 is 0. The zero-order chi connectivity index (χ0) is 17.7. The van der Waals surface area contributed by atoms with Crippen LogP contribution < -0.4 is 10.1 Å². The van der Waals surface area contributed by atoms with Gasteiger partial charge in [0.1, 0.15) is 0 Å². The number of piperazine rings is 1. The maximum absolute atomic E-state index is 12.4. The predicted molar refractivity (Wildman–Crippen MR) is 86.1 cm³/mol. The number of ether oxygens (including phenoxy) is 1. The van der Waals surface area contributed by atoms with Gasteiger partial charge in [0.2, 0.25) is 5.91 Å². The highest BCUT2D eigenvalue weighted by Gasteiger charge is 2.23. The second-order valence-electron chi connectivity index (χ2n) is 5.44. The molecule has 9 nitrogen and oxygen atoms in total. The number of rotatable bonds is 5. The van der Waals surface area contributed by atoms with E-state index in [1.54, 1.807) is 4.90 Å². The molecule has 0 bridgehead atoms. The highest BCUT2D eigenvalue weighted by Crippen LogP contribution is 2.27. The number of hydrogen-bond donors (Lipinski definition) is 1. The van der Waals surface area contributed by atoms with Gasteiger partial charge in [-0.25, -0.2) is 0 Å². The van der Waals surface area contributed by atoms with E-state index >= 15 is 0 Å². The molecule has 9 heteroatoms. The average Bonchev–Trinajstić information content (AvgIpc) is 2.61. The number of benzene rings is 1. The van der Waals surface area contributed by atoms with Crippen molar-refractivity contribution < 1.29 is 19.2 Å². The van der Waals surface area contributed by atoms with Gasteiger partial charge in [0.15, 0.2) is 5.75 Å². The van der Waals surface area contributed by atoms with Gasteiger partial charge in [-0.15, -0.1) is 0 Å². The summed E-state index contributed by atoms with van der Waals surface area (Å²) < 4.78 is 4.91. The minimum atomic E-state index is -0.610. The van der Waals surface area contributed by atoms with Crippen molar-refractivity contribution >= 4 is 17.5 Å². The summed E-state index contributed by atoms with van der Waals surface area (Å²) in [5, 5.41) is 14.2. The molecule has 24 heavy (non-hydrogen) atoms. The Morgan fingerprint density at radius 1 is 1.38 bits per heavy atom. The van der Waals surface area contributed by atoms with Crippen LogP contribution in [-0.2, 0) is 4.79 Å². The summed E-state index contributed by atoms with van der Waals surface area (Å²) in [6.07, 6.45) is 0. The lowest BCUT2D eigenvalue weighted by Gasteiger charge is -2.29. The van der Waals surface area contributed by atoms with Crippen molar-refractivity contribution in [3.8, 4) is 5.75 Å². The second-order valence-corrected chi connectivity index (χ2v) is 5.44. The standard InChI is InChI=1S/C15H20N4O5/c1-17(10-14(20)18-7-5-16-6-8-18)15(21)11-3-4-13(24-2)12(9-11)19(22)23/h3-4,9,16H,5-8,10H2,1-2H3.